The van der Waals surface area contributed by atoms with Crippen LogP contribution in [0.2, 0.25) is 0 Å². The number of anilines is 1. The normalized spacial score (nSPS) is 10.2. The monoisotopic (exact) mass is 225 g/mol. The third kappa shape index (κ3) is 3.31. The first-order valence-electron chi connectivity index (χ1n) is 5.32. The molecule has 88 valence electrons. The van der Waals surface area contributed by atoms with Crippen LogP contribution in [0.25, 0.3) is 0 Å². The molecule has 0 aromatic heterocycles. The number of hydrogen-bond acceptors (Lipinski definition) is 2. The summed E-state index contributed by atoms with van der Waals surface area (Å²) in [7, 11) is 0. The Morgan fingerprint density at radius 2 is 1.94 bits per heavy atom. The standard InChI is InChI=1S/C12H16FNO2/c1-3-14(12(15)9-16-4-2)11-7-5-10(13)6-8-11/h5-8H,3-4,9H2,1-2H3. The van der Waals surface area contributed by atoms with Gasteiger partial charge in [-0.1, -0.05) is 0 Å². The lowest BCUT2D eigenvalue weighted by Crippen LogP contribution is -2.33. The molecule has 0 heterocycles. The quantitative estimate of drug-likeness (QED) is 0.769. The Labute approximate surface area is 94.8 Å². The average Bonchev–Trinajstić information content (AvgIpc) is 2.30. The number of ether oxygens (including phenoxy) is 1. The fraction of sp³-hybridized carbons (Fsp3) is 0.417. The molecule has 0 aliphatic heterocycles. The molecule has 16 heavy (non-hydrogen) atoms. The number of likely N-dealkylation sites (N-methyl/N-ethyl adjacent to an activating group) is 1. The minimum atomic E-state index is -0.308. The predicted octanol–water partition coefficient (Wildman–Crippen LogP) is 2.22. The maximum absolute atomic E-state index is 12.7. The molecule has 0 bridgehead atoms. The van der Waals surface area contributed by atoms with E-state index in [4.69, 9.17) is 4.74 Å². The zero-order chi connectivity index (χ0) is 12.0. The van der Waals surface area contributed by atoms with Gasteiger partial charge in [0, 0.05) is 18.8 Å². The molecule has 0 atom stereocenters. The average molecular weight is 225 g/mol. The summed E-state index contributed by atoms with van der Waals surface area (Å²) in [6.45, 7) is 4.81. The van der Waals surface area contributed by atoms with Crippen LogP contribution >= 0.6 is 0 Å². The summed E-state index contributed by atoms with van der Waals surface area (Å²) in [5.41, 5.74) is 0.689. The van der Waals surface area contributed by atoms with E-state index in [1.165, 1.54) is 12.1 Å². The molecule has 0 N–H and O–H groups in total. The number of benzene rings is 1. The highest BCUT2D eigenvalue weighted by atomic mass is 19.1. The minimum Gasteiger partial charge on any atom is -0.372 e. The van der Waals surface area contributed by atoms with E-state index in [1.807, 2.05) is 13.8 Å². The summed E-state index contributed by atoms with van der Waals surface area (Å²) in [4.78, 5) is 13.3. The third-order valence-electron chi connectivity index (χ3n) is 2.19. The second kappa shape index (κ2) is 6.23. The molecule has 4 heteroatoms. The molecular weight excluding hydrogens is 209 g/mol. The van der Waals surface area contributed by atoms with Gasteiger partial charge in [0.2, 0.25) is 0 Å². The van der Waals surface area contributed by atoms with Crippen molar-refractivity contribution in [3.63, 3.8) is 0 Å². The van der Waals surface area contributed by atoms with Crippen LogP contribution in [0.5, 0.6) is 0 Å². The molecule has 0 fully saturated rings. The third-order valence-corrected chi connectivity index (χ3v) is 2.19. The first kappa shape index (κ1) is 12.6. The topological polar surface area (TPSA) is 29.5 Å². The minimum absolute atomic E-state index is 0.0573. The first-order valence-corrected chi connectivity index (χ1v) is 5.32. The Balaban J connectivity index is 2.73. The summed E-state index contributed by atoms with van der Waals surface area (Å²) in [5.74, 6) is -0.423. The molecule has 1 amide bonds. The van der Waals surface area contributed by atoms with Crippen molar-refractivity contribution in [3.8, 4) is 0 Å². The van der Waals surface area contributed by atoms with Crippen LogP contribution in [0.1, 0.15) is 13.8 Å². The van der Waals surface area contributed by atoms with Gasteiger partial charge in [0.15, 0.2) is 0 Å². The molecule has 0 saturated carbocycles. The Morgan fingerprint density at radius 1 is 1.31 bits per heavy atom. The van der Waals surface area contributed by atoms with Crippen molar-refractivity contribution in [1.82, 2.24) is 0 Å². The van der Waals surface area contributed by atoms with Crippen molar-refractivity contribution in [1.29, 1.82) is 0 Å². The van der Waals surface area contributed by atoms with Crippen LogP contribution in [0.15, 0.2) is 24.3 Å². The highest BCUT2D eigenvalue weighted by molar-refractivity contribution is 5.94. The van der Waals surface area contributed by atoms with Gasteiger partial charge in [-0.15, -0.1) is 0 Å². The number of carbonyl (C=O) groups is 1. The number of carbonyl (C=O) groups excluding carboxylic acids is 1. The van der Waals surface area contributed by atoms with Crippen molar-refractivity contribution in [2.45, 2.75) is 13.8 Å². The summed E-state index contributed by atoms with van der Waals surface area (Å²) >= 11 is 0. The van der Waals surface area contributed by atoms with E-state index in [2.05, 4.69) is 0 Å². The van der Waals surface area contributed by atoms with Gasteiger partial charge in [0.1, 0.15) is 12.4 Å². The fourth-order valence-corrected chi connectivity index (χ4v) is 1.39. The molecule has 0 aliphatic carbocycles. The van der Waals surface area contributed by atoms with Gasteiger partial charge >= 0.3 is 0 Å². The van der Waals surface area contributed by atoms with Crippen molar-refractivity contribution in [3.05, 3.63) is 30.1 Å². The zero-order valence-corrected chi connectivity index (χ0v) is 9.57. The molecule has 1 aromatic carbocycles. The number of rotatable bonds is 5. The second-order valence-corrected chi connectivity index (χ2v) is 3.25. The van der Waals surface area contributed by atoms with Crippen LogP contribution in [0.4, 0.5) is 10.1 Å². The molecule has 0 saturated heterocycles. The molecule has 3 nitrogen and oxygen atoms in total. The van der Waals surface area contributed by atoms with Gasteiger partial charge in [-0.05, 0) is 38.1 Å². The van der Waals surface area contributed by atoms with E-state index in [1.54, 1.807) is 17.0 Å². The van der Waals surface area contributed by atoms with Gasteiger partial charge in [0.25, 0.3) is 5.91 Å². The zero-order valence-electron chi connectivity index (χ0n) is 9.57. The molecular formula is C12H16FNO2. The van der Waals surface area contributed by atoms with Gasteiger partial charge in [-0.2, -0.15) is 0 Å². The van der Waals surface area contributed by atoms with Gasteiger partial charge in [-0.25, -0.2) is 4.39 Å². The number of nitrogens with zero attached hydrogens (tertiary/aromatic N) is 1. The van der Waals surface area contributed by atoms with E-state index in [0.29, 0.717) is 18.8 Å². The van der Waals surface area contributed by atoms with Crippen molar-refractivity contribution >= 4 is 11.6 Å². The van der Waals surface area contributed by atoms with Gasteiger partial charge in [-0.3, -0.25) is 4.79 Å². The Bertz CT molecular complexity index is 337. The Hall–Kier alpha value is -1.42. The van der Waals surface area contributed by atoms with Crippen molar-refractivity contribution in [2.24, 2.45) is 0 Å². The van der Waals surface area contributed by atoms with Crippen LogP contribution in [-0.2, 0) is 9.53 Å². The van der Waals surface area contributed by atoms with Crippen molar-refractivity contribution < 1.29 is 13.9 Å². The van der Waals surface area contributed by atoms with Crippen molar-refractivity contribution in [2.75, 3.05) is 24.7 Å². The molecule has 0 aliphatic rings. The number of amides is 1. The molecule has 0 radical (unpaired) electrons. The second-order valence-electron chi connectivity index (χ2n) is 3.25. The van der Waals surface area contributed by atoms with Crippen LogP contribution in [-0.4, -0.2) is 25.7 Å². The van der Waals surface area contributed by atoms with E-state index < -0.39 is 0 Å². The maximum Gasteiger partial charge on any atom is 0.252 e. The summed E-state index contributed by atoms with van der Waals surface area (Å²) in [5, 5.41) is 0. The maximum atomic E-state index is 12.7. The van der Waals surface area contributed by atoms with Crippen LogP contribution in [0, 0.1) is 5.82 Å². The molecule has 0 spiro atoms. The highest BCUT2D eigenvalue weighted by Crippen LogP contribution is 2.14. The Kier molecular flexibility index (Phi) is 4.92. The van der Waals surface area contributed by atoms with E-state index in [0.717, 1.165) is 0 Å². The summed E-state index contributed by atoms with van der Waals surface area (Å²) in [6, 6.07) is 5.85. The predicted molar refractivity (Wildman–Crippen MR) is 60.9 cm³/mol. The Morgan fingerprint density at radius 3 is 2.44 bits per heavy atom. The van der Waals surface area contributed by atoms with Crippen LogP contribution < -0.4 is 4.90 Å². The lowest BCUT2D eigenvalue weighted by atomic mass is 10.2. The van der Waals surface area contributed by atoms with Crippen LogP contribution in [0.3, 0.4) is 0 Å². The van der Waals surface area contributed by atoms with E-state index >= 15 is 0 Å². The lowest BCUT2D eigenvalue weighted by Gasteiger charge is -2.20. The largest absolute Gasteiger partial charge is 0.372 e. The number of hydrogen-bond donors (Lipinski definition) is 0. The highest BCUT2D eigenvalue weighted by Gasteiger charge is 2.13. The SMILES string of the molecule is CCOCC(=O)N(CC)c1ccc(F)cc1. The molecule has 0 unspecified atom stereocenters. The smallest absolute Gasteiger partial charge is 0.252 e. The summed E-state index contributed by atoms with van der Waals surface area (Å²) < 4.78 is 17.8. The number of halogens is 1. The van der Waals surface area contributed by atoms with Gasteiger partial charge in [0.05, 0.1) is 0 Å². The molecule has 1 rings (SSSR count). The first-order chi connectivity index (χ1) is 7.69. The van der Waals surface area contributed by atoms with Gasteiger partial charge < -0.3 is 9.64 Å². The van der Waals surface area contributed by atoms with E-state index in [-0.39, 0.29) is 18.3 Å². The molecule has 1 aromatic rings. The fourth-order valence-electron chi connectivity index (χ4n) is 1.39. The van der Waals surface area contributed by atoms with E-state index in [9.17, 15) is 9.18 Å². The summed E-state index contributed by atoms with van der Waals surface area (Å²) in [6.07, 6.45) is 0. The lowest BCUT2D eigenvalue weighted by molar-refractivity contribution is -0.122.